The predicted octanol–water partition coefficient (Wildman–Crippen LogP) is 2.27. The lowest BCUT2D eigenvalue weighted by molar-refractivity contribution is -0.151. The highest BCUT2D eigenvalue weighted by Crippen LogP contribution is 2.23. The molecular weight excluding hydrogens is 336 g/mol. The molecule has 144 valence electrons. The maximum absolute atomic E-state index is 12.3. The van der Waals surface area contributed by atoms with Crippen molar-refractivity contribution in [1.82, 2.24) is 10.6 Å². The molecule has 0 spiro atoms. The van der Waals surface area contributed by atoms with Gasteiger partial charge in [-0.3, -0.25) is 9.59 Å². The van der Waals surface area contributed by atoms with Gasteiger partial charge in [0.05, 0.1) is 6.26 Å². The molecule has 0 bridgehead atoms. The van der Waals surface area contributed by atoms with Gasteiger partial charge in [-0.2, -0.15) is 0 Å². The molecule has 0 aromatic carbocycles. The van der Waals surface area contributed by atoms with Crippen molar-refractivity contribution in [1.29, 1.82) is 0 Å². The van der Waals surface area contributed by atoms with Gasteiger partial charge >= 0.3 is 5.97 Å². The average Bonchev–Trinajstić information content (AvgIpc) is 3.14. The molecule has 1 aromatic heterocycles. The van der Waals surface area contributed by atoms with E-state index in [0.29, 0.717) is 5.92 Å². The number of carbonyl (C=O) groups excluding carboxylic acids is 3. The second kappa shape index (κ2) is 9.40. The Morgan fingerprint density at radius 1 is 1.27 bits per heavy atom. The van der Waals surface area contributed by atoms with E-state index in [9.17, 15) is 14.4 Å². The van der Waals surface area contributed by atoms with Gasteiger partial charge in [-0.15, -0.1) is 0 Å². The minimum absolute atomic E-state index is 0.118. The fourth-order valence-corrected chi connectivity index (χ4v) is 3.12. The molecule has 1 aromatic rings. The Balaban J connectivity index is 1.83. The molecule has 7 heteroatoms. The molecule has 3 atom stereocenters. The van der Waals surface area contributed by atoms with Crippen molar-refractivity contribution >= 4 is 17.8 Å². The zero-order valence-corrected chi connectivity index (χ0v) is 15.6. The molecule has 0 saturated heterocycles. The molecule has 1 saturated carbocycles. The highest BCUT2D eigenvalue weighted by Gasteiger charge is 2.28. The van der Waals surface area contributed by atoms with E-state index in [2.05, 4.69) is 17.6 Å². The van der Waals surface area contributed by atoms with Crippen molar-refractivity contribution in [2.75, 3.05) is 6.61 Å². The zero-order valence-electron chi connectivity index (χ0n) is 15.6. The summed E-state index contributed by atoms with van der Waals surface area (Å²) in [5, 5.41) is 5.53. The first kappa shape index (κ1) is 20.0. The number of nitrogens with one attached hydrogen (secondary N) is 2. The molecule has 7 nitrogen and oxygen atoms in total. The van der Waals surface area contributed by atoms with Crippen molar-refractivity contribution in [2.24, 2.45) is 11.8 Å². The van der Waals surface area contributed by atoms with Crippen molar-refractivity contribution in [3.8, 4) is 0 Å². The summed E-state index contributed by atoms with van der Waals surface area (Å²) in [7, 11) is 0. The first-order valence-corrected chi connectivity index (χ1v) is 9.19. The van der Waals surface area contributed by atoms with Crippen LogP contribution in [0, 0.1) is 11.8 Å². The number of carbonyl (C=O) groups is 3. The Bertz CT molecular complexity index is 611. The third-order valence-corrected chi connectivity index (χ3v) is 4.76. The fraction of sp³-hybridized carbons (Fsp3) is 0.632. The van der Waals surface area contributed by atoms with Gasteiger partial charge in [0.2, 0.25) is 0 Å². The minimum Gasteiger partial charge on any atom is -0.459 e. The number of esters is 1. The Labute approximate surface area is 153 Å². The third kappa shape index (κ3) is 5.61. The maximum Gasteiger partial charge on any atom is 0.329 e. The summed E-state index contributed by atoms with van der Waals surface area (Å²) in [5.74, 6) is -1.08. The van der Waals surface area contributed by atoms with E-state index < -0.39 is 17.9 Å². The molecule has 1 aliphatic carbocycles. The van der Waals surface area contributed by atoms with Crippen LogP contribution in [0.25, 0.3) is 0 Å². The highest BCUT2D eigenvalue weighted by atomic mass is 16.5. The number of amides is 2. The Hall–Kier alpha value is -2.31. The number of furan rings is 1. The fourth-order valence-electron chi connectivity index (χ4n) is 3.12. The van der Waals surface area contributed by atoms with Gasteiger partial charge in [0, 0.05) is 6.04 Å². The van der Waals surface area contributed by atoms with Crippen LogP contribution >= 0.6 is 0 Å². The molecule has 2 N–H and O–H groups in total. The van der Waals surface area contributed by atoms with Crippen molar-refractivity contribution in [2.45, 2.75) is 58.5 Å². The Kier molecular flexibility index (Phi) is 7.24. The normalized spacial score (nSPS) is 21.1. The summed E-state index contributed by atoms with van der Waals surface area (Å²) in [6.45, 7) is 5.35. The van der Waals surface area contributed by atoms with Gasteiger partial charge < -0.3 is 19.8 Å². The summed E-state index contributed by atoms with van der Waals surface area (Å²) >= 11 is 0. The zero-order chi connectivity index (χ0) is 19.1. The van der Waals surface area contributed by atoms with Gasteiger partial charge in [0.1, 0.15) is 6.04 Å². The van der Waals surface area contributed by atoms with E-state index in [1.165, 1.54) is 18.8 Å². The topological polar surface area (TPSA) is 97.6 Å². The van der Waals surface area contributed by atoms with Crippen LogP contribution in [0.1, 0.15) is 57.0 Å². The average molecular weight is 364 g/mol. The van der Waals surface area contributed by atoms with Gasteiger partial charge in [-0.25, -0.2) is 4.79 Å². The van der Waals surface area contributed by atoms with Crippen molar-refractivity contribution in [3.05, 3.63) is 24.2 Å². The van der Waals surface area contributed by atoms with Crippen LogP contribution in [0.5, 0.6) is 0 Å². The van der Waals surface area contributed by atoms with E-state index in [0.717, 1.165) is 19.3 Å². The lowest BCUT2D eigenvalue weighted by Crippen LogP contribution is -2.47. The largest absolute Gasteiger partial charge is 0.459 e. The molecule has 2 amide bonds. The molecule has 0 unspecified atom stereocenters. The van der Waals surface area contributed by atoms with Crippen molar-refractivity contribution in [3.63, 3.8) is 0 Å². The number of rotatable bonds is 7. The number of hydrogen-bond donors (Lipinski definition) is 2. The van der Waals surface area contributed by atoms with Crippen molar-refractivity contribution < 1.29 is 23.5 Å². The number of ether oxygens (including phenoxy) is 1. The molecule has 1 fully saturated rings. The Morgan fingerprint density at radius 3 is 2.62 bits per heavy atom. The molecule has 2 rings (SSSR count). The Morgan fingerprint density at radius 2 is 2.00 bits per heavy atom. The molecule has 1 heterocycles. The molecule has 26 heavy (non-hydrogen) atoms. The van der Waals surface area contributed by atoms with Gasteiger partial charge in [-0.1, -0.05) is 33.6 Å². The summed E-state index contributed by atoms with van der Waals surface area (Å²) in [4.78, 5) is 36.4. The van der Waals surface area contributed by atoms with Crippen LogP contribution < -0.4 is 10.6 Å². The summed E-state index contributed by atoms with van der Waals surface area (Å²) in [6, 6.07) is 2.38. The van der Waals surface area contributed by atoms with E-state index in [4.69, 9.17) is 9.15 Å². The van der Waals surface area contributed by atoms with Crippen LogP contribution in [-0.4, -0.2) is 36.5 Å². The quantitative estimate of drug-likeness (QED) is 0.723. The van der Waals surface area contributed by atoms with E-state index in [1.54, 1.807) is 19.9 Å². The lowest BCUT2D eigenvalue weighted by Gasteiger charge is -2.29. The molecule has 0 aliphatic heterocycles. The second-order valence-corrected chi connectivity index (χ2v) is 7.22. The standard InChI is InChI=1S/C19H28N2O5/c1-12(2)17(21-18(23)15-9-6-10-25-15)19(24)26-11-16(22)20-14-8-5-4-7-13(14)3/h6,9-10,12-14,17H,4-5,7-8,11H2,1-3H3,(H,20,22)(H,21,23)/t13-,14+,17+/m1/s1. The second-order valence-electron chi connectivity index (χ2n) is 7.22. The predicted molar refractivity (Wildman–Crippen MR) is 95.3 cm³/mol. The summed E-state index contributed by atoms with van der Waals surface area (Å²) < 4.78 is 10.1. The summed E-state index contributed by atoms with van der Waals surface area (Å²) in [6.07, 6.45) is 5.72. The lowest BCUT2D eigenvalue weighted by atomic mass is 9.86. The maximum atomic E-state index is 12.3. The minimum atomic E-state index is -0.853. The SMILES string of the molecule is CC(C)[C@H](NC(=O)c1ccco1)C(=O)OCC(=O)N[C@H]1CCCC[C@H]1C. The van der Waals surface area contributed by atoms with Crippen LogP contribution in [0.3, 0.4) is 0 Å². The first-order chi connectivity index (χ1) is 12.4. The summed E-state index contributed by atoms with van der Waals surface area (Å²) in [5.41, 5.74) is 0. The van der Waals surface area contributed by atoms with E-state index in [1.807, 2.05) is 0 Å². The third-order valence-electron chi connectivity index (χ3n) is 4.76. The van der Waals surface area contributed by atoms with E-state index in [-0.39, 0.29) is 30.2 Å². The molecule has 1 aliphatic rings. The number of hydrogen-bond acceptors (Lipinski definition) is 5. The van der Waals surface area contributed by atoms with E-state index >= 15 is 0 Å². The van der Waals surface area contributed by atoms with Crippen LogP contribution in [-0.2, 0) is 14.3 Å². The molecule has 0 radical (unpaired) electrons. The highest BCUT2D eigenvalue weighted by molar-refractivity contribution is 5.94. The first-order valence-electron chi connectivity index (χ1n) is 9.19. The monoisotopic (exact) mass is 364 g/mol. The van der Waals surface area contributed by atoms with Gasteiger partial charge in [0.15, 0.2) is 12.4 Å². The van der Waals surface area contributed by atoms with Gasteiger partial charge in [0.25, 0.3) is 11.8 Å². The van der Waals surface area contributed by atoms with Crippen LogP contribution in [0.2, 0.25) is 0 Å². The van der Waals surface area contributed by atoms with Crippen LogP contribution in [0.4, 0.5) is 0 Å². The smallest absolute Gasteiger partial charge is 0.329 e. The van der Waals surface area contributed by atoms with Gasteiger partial charge in [-0.05, 0) is 36.8 Å². The van der Waals surface area contributed by atoms with Crippen LogP contribution in [0.15, 0.2) is 22.8 Å². The molecular formula is C19H28N2O5.